The van der Waals surface area contributed by atoms with Crippen LogP contribution in [-0.2, 0) is 19.1 Å². The molecule has 1 rings (SSSR count). The fraction of sp³-hybridized carbons (Fsp3) is 0.438. The van der Waals surface area contributed by atoms with Crippen molar-refractivity contribution in [1.29, 1.82) is 0 Å². The third-order valence-electron chi connectivity index (χ3n) is 2.99. The minimum atomic E-state index is -0.653. The van der Waals surface area contributed by atoms with E-state index in [4.69, 9.17) is 9.47 Å². The first-order valence-corrected chi connectivity index (χ1v) is 7.12. The number of nitrogens with one attached hydrogen (secondary N) is 1. The Hall–Kier alpha value is -2.57. The second kappa shape index (κ2) is 8.77. The van der Waals surface area contributed by atoms with Gasteiger partial charge in [0.25, 0.3) is 5.91 Å². The molecule has 0 saturated carbocycles. The summed E-state index contributed by atoms with van der Waals surface area (Å²) in [5, 5.41) is 2.36. The summed E-state index contributed by atoms with van der Waals surface area (Å²) in [4.78, 5) is 35.6. The van der Waals surface area contributed by atoms with E-state index < -0.39 is 18.5 Å². The van der Waals surface area contributed by atoms with Crippen molar-refractivity contribution in [1.82, 2.24) is 10.2 Å². The molecule has 0 spiro atoms. The molecule has 0 aliphatic rings. The number of likely N-dealkylation sites (N-methyl/N-ethyl adjacent to an activating group) is 1. The SMILES string of the molecule is Cc1ccc(C)c(OCC(=O)OCC(=O)NCC(=O)N(C)C)c1. The Morgan fingerprint density at radius 3 is 2.48 bits per heavy atom. The number of aryl methyl sites for hydroxylation is 2. The van der Waals surface area contributed by atoms with Gasteiger partial charge in [-0.15, -0.1) is 0 Å². The molecule has 1 N–H and O–H groups in total. The molecule has 23 heavy (non-hydrogen) atoms. The van der Waals surface area contributed by atoms with Crippen molar-refractivity contribution in [3.63, 3.8) is 0 Å². The van der Waals surface area contributed by atoms with Crippen LogP contribution < -0.4 is 10.1 Å². The van der Waals surface area contributed by atoms with E-state index in [0.29, 0.717) is 5.75 Å². The molecule has 0 atom stereocenters. The monoisotopic (exact) mass is 322 g/mol. The molecule has 0 aliphatic heterocycles. The Morgan fingerprint density at radius 2 is 1.83 bits per heavy atom. The van der Waals surface area contributed by atoms with Crippen molar-refractivity contribution in [2.75, 3.05) is 33.9 Å². The third kappa shape index (κ3) is 6.82. The Kier molecular flexibility index (Phi) is 7.05. The van der Waals surface area contributed by atoms with Crippen LogP contribution in [0.15, 0.2) is 18.2 Å². The fourth-order valence-corrected chi connectivity index (χ4v) is 1.57. The molecule has 7 nitrogen and oxygen atoms in total. The van der Waals surface area contributed by atoms with Crippen molar-refractivity contribution in [2.24, 2.45) is 0 Å². The van der Waals surface area contributed by atoms with Gasteiger partial charge in [-0.1, -0.05) is 12.1 Å². The molecule has 0 aliphatic carbocycles. The fourth-order valence-electron chi connectivity index (χ4n) is 1.57. The number of amides is 2. The molecule has 0 heterocycles. The highest BCUT2D eigenvalue weighted by Gasteiger charge is 2.11. The van der Waals surface area contributed by atoms with Crippen molar-refractivity contribution in [2.45, 2.75) is 13.8 Å². The van der Waals surface area contributed by atoms with Crippen LogP contribution in [0.4, 0.5) is 0 Å². The van der Waals surface area contributed by atoms with E-state index in [1.54, 1.807) is 14.1 Å². The third-order valence-corrected chi connectivity index (χ3v) is 2.99. The maximum Gasteiger partial charge on any atom is 0.344 e. The first-order valence-electron chi connectivity index (χ1n) is 7.12. The largest absolute Gasteiger partial charge is 0.482 e. The number of nitrogens with zero attached hydrogens (tertiary/aromatic N) is 1. The van der Waals surface area contributed by atoms with Crippen LogP contribution in [0, 0.1) is 13.8 Å². The molecular weight excluding hydrogens is 300 g/mol. The molecule has 126 valence electrons. The Balaban J connectivity index is 2.30. The van der Waals surface area contributed by atoms with E-state index in [1.165, 1.54) is 4.90 Å². The summed E-state index contributed by atoms with van der Waals surface area (Å²) in [6, 6.07) is 5.66. The van der Waals surface area contributed by atoms with Crippen LogP contribution in [0.1, 0.15) is 11.1 Å². The topological polar surface area (TPSA) is 84.9 Å². The second-order valence-corrected chi connectivity index (χ2v) is 5.28. The van der Waals surface area contributed by atoms with Crippen molar-refractivity contribution >= 4 is 17.8 Å². The molecule has 0 unspecified atom stereocenters. The van der Waals surface area contributed by atoms with E-state index in [0.717, 1.165) is 11.1 Å². The number of rotatable bonds is 7. The number of carbonyl (C=O) groups is 3. The van der Waals surface area contributed by atoms with Gasteiger partial charge in [0.05, 0.1) is 6.54 Å². The lowest BCUT2D eigenvalue weighted by molar-refractivity contribution is -0.150. The van der Waals surface area contributed by atoms with Gasteiger partial charge in [-0.2, -0.15) is 0 Å². The van der Waals surface area contributed by atoms with Gasteiger partial charge in [-0.05, 0) is 31.0 Å². The number of esters is 1. The summed E-state index contributed by atoms with van der Waals surface area (Å²) in [6.45, 7) is 2.92. The van der Waals surface area contributed by atoms with Gasteiger partial charge in [0.2, 0.25) is 5.91 Å². The highest BCUT2D eigenvalue weighted by atomic mass is 16.6. The minimum Gasteiger partial charge on any atom is -0.482 e. The summed E-state index contributed by atoms with van der Waals surface area (Å²) in [5.41, 5.74) is 1.92. The van der Waals surface area contributed by atoms with Crippen molar-refractivity contribution < 1.29 is 23.9 Å². The Labute approximate surface area is 135 Å². The van der Waals surface area contributed by atoms with Gasteiger partial charge in [0.1, 0.15) is 5.75 Å². The Bertz CT molecular complexity index is 584. The van der Waals surface area contributed by atoms with Gasteiger partial charge < -0.3 is 19.7 Å². The molecule has 1 aromatic carbocycles. The van der Waals surface area contributed by atoms with E-state index in [-0.39, 0.29) is 19.1 Å². The quantitative estimate of drug-likeness (QED) is 0.736. The van der Waals surface area contributed by atoms with E-state index in [1.807, 2.05) is 32.0 Å². The predicted molar refractivity (Wildman–Crippen MR) is 84.1 cm³/mol. The molecular formula is C16H22N2O5. The van der Waals surface area contributed by atoms with Crippen LogP contribution in [0.3, 0.4) is 0 Å². The molecule has 0 saturated heterocycles. The van der Waals surface area contributed by atoms with Crippen LogP contribution >= 0.6 is 0 Å². The maximum atomic E-state index is 11.6. The molecule has 0 aromatic heterocycles. The average molecular weight is 322 g/mol. The highest BCUT2D eigenvalue weighted by molar-refractivity contribution is 5.86. The van der Waals surface area contributed by atoms with Gasteiger partial charge in [0, 0.05) is 14.1 Å². The normalized spacial score (nSPS) is 9.91. The van der Waals surface area contributed by atoms with Crippen LogP contribution in [-0.4, -0.2) is 56.5 Å². The number of carbonyl (C=O) groups excluding carboxylic acids is 3. The van der Waals surface area contributed by atoms with Gasteiger partial charge in [-0.3, -0.25) is 9.59 Å². The van der Waals surface area contributed by atoms with Crippen LogP contribution in [0.25, 0.3) is 0 Å². The molecule has 0 fully saturated rings. The van der Waals surface area contributed by atoms with Gasteiger partial charge in [-0.25, -0.2) is 4.79 Å². The molecule has 0 radical (unpaired) electrons. The Morgan fingerprint density at radius 1 is 1.13 bits per heavy atom. The average Bonchev–Trinajstić information content (AvgIpc) is 2.51. The molecule has 2 amide bonds. The van der Waals surface area contributed by atoms with Gasteiger partial charge in [0.15, 0.2) is 13.2 Å². The zero-order valence-corrected chi connectivity index (χ0v) is 13.8. The number of benzene rings is 1. The summed E-state index contributed by atoms with van der Waals surface area (Å²) in [6.07, 6.45) is 0. The first-order chi connectivity index (χ1) is 10.8. The number of ether oxygens (including phenoxy) is 2. The van der Waals surface area contributed by atoms with Crippen molar-refractivity contribution in [3.05, 3.63) is 29.3 Å². The van der Waals surface area contributed by atoms with Crippen LogP contribution in [0.2, 0.25) is 0 Å². The van der Waals surface area contributed by atoms with E-state index >= 15 is 0 Å². The lowest BCUT2D eigenvalue weighted by Crippen LogP contribution is -2.38. The smallest absolute Gasteiger partial charge is 0.344 e. The maximum absolute atomic E-state index is 11.6. The summed E-state index contributed by atoms with van der Waals surface area (Å²) in [5.74, 6) is -0.841. The highest BCUT2D eigenvalue weighted by Crippen LogP contribution is 2.18. The zero-order valence-electron chi connectivity index (χ0n) is 13.8. The standard InChI is InChI=1S/C16H22N2O5/c1-11-5-6-12(2)13(7-11)22-10-16(21)23-9-14(19)17-8-15(20)18(3)4/h5-7H,8-10H2,1-4H3,(H,17,19). The lowest BCUT2D eigenvalue weighted by atomic mass is 10.1. The number of hydrogen-bond acceptors (Lipinski definition) is 5. The second-order valence-electron chi connectivity index (χ2n) is 5.28. The minimum absolute atomic E-state index is 0.137. The first kappa shape index (κ1) is 18.5. The summed E-state index contributed by atoms with van der Waals surface area (Å²) in [7, 11) is 3.16. The summed E-state index contributed by atoms with van der Waals surface area (Å²) >= 11 is 0. The lowest BCUT2D eigenvalue weighted by Gasteiger charge is -2.11. The van der Waals surface area contributed by atoms with E-state index in [2.05, 4.69) is 5.32 Å². The molecule has 7 heteroatoms. The molecule has 1 aromatic rings. The van der Waals surface area contributed by atoms with E-state index in [9.17, 15) is 14.4 Å². The number of hydrogen-bond donors (Lipinski definition) is 1. The summed E-state index contributed by atoms with van der Waals surface area (Å²) < 4.78 is 10.2. The van der Waals surface area contributed by atoms with Crippen molar-refractivity contribution in [3.8, 4) is 5.75 Å². The van der Waals surface area contributed by atoms with Crippen LogP contribution in [0.5, 0.6) is 5.75 Å². The van der Waals surface area contributed by atoms with Gasteiger partial charge >= 0.3 is 5.97 Å². The predicted octanol–water partition coefficient (Wildman–Crippen LogP) is 0.430. The zero-order chi connectivity index (χ0) is 17.4. The molecule has 0 bridgehead atoms.